The van der Waals surface area contributed by atoms with Gasteiger partial charge >= 0.3 is 5.97 Å². The van der Waals surface area contributed by atoms with Crippen molar-refractivity contribution >= 4 is 17.8 Å². The zero-order valence-corrected chi connectivity index (χ0v) is 10.3. The molecule has 2 rings (SSSR count). The molecule has 0 aliphatic carbocycles. The molecule has 2 amide bonds. The molecule has 0 spiro atoms. The number of amides is 2. The second-order valence-corrected chi connectivity index (χ2v) is 4.09. The van der Waals surface area contributed by atoms with Crippen molar-refractivity contribution in [2.45, 2.75) is 6.42 Å². The van der Waals surface area contributed by atoms with Crippen molar-refractivity contribution < 1.29 is 19.1 Å². The molecule has 19 heavy (non-hydrogen) atoms. The summed E-state index contributed by atoms with van der Waals surface area (Å²) < 4.78 is 4.60. The molecular weight excluding hydrogens is 250 g/mol. The third-order valence-corrected chi connectivity index (χ3v) is 2.76. The third-order valence-electron chi connectivity index (χ3n) is 2.76. The highest BCUT2D eigenvalue weighted by Gasteiger charge is 2.33. The maximum absolute atomic E-state index is 12.1. The first-order valence-corrected chi connectivity index (χ1v) is 5.72. The van der Waals surface area contributed by atoms with Crippen LogP contribution in [0.25, 0.3) is 0 Å². The summed E-state index contributed by atoms with van der Waals surface area (Å²) in [7, 11) is 1.25. The summed E-state index contributed by atoms with van der Waals surface area (Å²) in [6, 6.07) is 4.89. The summed E-state index contributed by atoms with van der Waals surface area (Å²) in [6.07, 6.45) is 1.50. The number of hydrazine groups is 1. The predicted molar refractivity (Wildman–Crippen MR) is 63.5 cm³/mol. The average molecular weight is 263 g/mol. The summed E-state index contributed by atoms with van der Waals surface area (Å²) in [4.78, 5) is 39.0. The number of pyridine rings is 1. The number of esters is 1. The molecule has 2 heterocycles. The van der Waals surface area contributed by atoms with Crippen molar-refractivity contribution in [1.29, 1.82) is 0 Å². The van der Waals surface area contributed by atoms with Crippen LogP contribution in [0.3, 0.4) is 0 Å². The number of hydrogen-bond donors (Lipinski definition) is 1. The number of rotatable bonds is 2. The van der Waals surface area contributed by atoms with Gasteiger partial charge in [0.05, 0.1) is 19.6 Å². The van der Waals surface area contributed by atoms with E-state index in [9.17, 15) is 14.4 Å². The van der Waals surface area contributed by atoms with Gasteiger partial charge in [-0.25, -0.2) is 5.01 Å². The molecule has 0 saturated carbocycles. The topological polar surface area (TPSA) is 88.6 Å². The van der Waals surface area contributed by atoms with E-state index in [4.69, 9.17) is 0 Å². The minimum atomic E-state index is -0.647. The lowest BCUT2D eigenvalue weighted by molar-refractivity contribution is -0.151. The lowest BCUT2D eigenvalue weighted by Crippen LogP contribution is -2.54. The van der Waals surface area contributed by atoms with Gasteiger partial charge in [-0.3, -0.25) is 24.8 Å². The van der Waals surface area contributed by atoms with Crippen LogP contribution in [0.2, 0.25) is 0 Å². The standard InChI is InChI=1S/C12H13N3O4/c1-19-12(18)8-6-10(16)14-15(7-8)11(17)9-4-2-3-5-13-9/h2-5,8H,6-7H2,1H3,(H,14,16). The van der Waals surface area contributed by atoms with Gasteiger partial charge in [0.15, 0.2) is 0 Å². The molecule has 1 aromatic heterocycles. The molecule has 7 nitrogen and oxygen atoms in total. The van der Waals surface area contributed by atoms with Gasteiger partial charge in [0.2, 0.25) is 5.91 Å². The highest BCUT2D eigenvalue weighted by molar-refractivity contribution is 5.95. The largest absolute Gasteiger partial charge is 0.469 e. The summed E-state index contributed by atoms with van der Waals surface area (Å²) in [6.45, 7) is 0.0772. The second kappa shape index (κ2) is 5.47. The number of carbonyl (C=O) groups is 3. The van der Waals surface area contributed by atoms with Crippen LogP contribution in [0.15, 0.2) is 24.4 Å². The van der Waals surface area contributed by atoms with Gasteiger partial charge in [0.25, 0.3) is 5.91 Å². The Bertz CT molecular complexity index is 503. The Morgan fingerprint density at radius 1 is 1.47 bits per heavy atom. The van der Waals surface area contributed by atoms with E-state index in [1.54, 1.807) is 12.1 Å². The number of nitrogens with one attached hydrogen (secondary N) is 1. The molecule has 7 heteroatoms. The first-order chi connectivity index (χ1) is 9.11. The van der Waals surface area contributed by atoms with Crippen molar-refractivity contribution in [1.82, 2.24) is 15.4 Å². The van der Waals surface area contributed by atoms with Crippen LogP contribution < -0.4 is 5.43 Å². The zero-order valence-electron chi connectivity index (χ0n) is 10.3. The molecule has 1 atom stereocenters. The smallest absolute Gasteiger partial charge is 0.311 e. The Labute approximate surface area is 109 Å². The molecule has 1 fully saturated rings. The third kappa shape index (κ3) is 2.87. The lowest BCUT2D eigenvalue weighted by Gasteiger charge is -2.31. The van der Waals surface area contributed by atoms with Crippen LogP contribution >= 0.6 is 0 Å². The Morgan fingerprint density at radius 2 is 2.26 bits per heavy atom. The van der Waals surface area contributed by atoms with Crippen molar-refractivity contribution in [3.05, 3.63) is 30.1 Å². The van der Waals surface area contributed by atoms with Crippen LogP contribution in [0, 0.1) is 5.92 Å². The summed E-state index contributed by atoms with van der Waals surface area (Å²) in [5.74, 6) is -2.01. The Kier molecular flexibility index (Phi) is 3.74. The molecule has 0 bridgehead atoms. The average Bonchev–Trinajstić information content (AvgIpc) is 2.45. The van der Waals surface area contributed by atoms with E-state index in [2.05, 4.69) is 15.1 Å². The molecule has 1 aliphatic rings. The molecule has 1 unspecified atom stereocenters. The maximum Gasteiger partial charge on any atom is 0.311 e. The van der Waals surface area contributed by atoms with E-state index in [0.29, 0.717) is 0 Å². The molecule has 0 radical (unpaired) electrons. The second-order valence-electron chi connectivity index (χ2n) is 4.09. The number of aromatic nitrogens is 1. The highest BCUT2D eigenvalue weighted by Crippen LogP contribution is 2.14. The summed E-state index contributed by atoms with van der Waals surface area (Å²) >= 11 is 0. The fraction of sp³-hybridized carbons (Fsp3) is 0.333. The number of nitrogens with zero attached hydrogens (tertiary/aromatic N) is 2. The van der Waals surface area contributed by atoms with E-state index in [1.165, 1.54) is 19.4 Å². The SMILES string of the molecule is COC(=O)C1CC(=O)NN(C(=O)c2ccccn2)C1. The zero-order chi connectivity index (χ0) is 13.8. The Balaban J connectivity index is 2.14. The van der Waals surface area contributed by atoms with Crippen LogP contribution in [-0.4, -0.2) is 41.4 Å². The van der Waals surface area contributed by atoms with Gasteiger partial charge in [0, 0.05) is 12.6 Å². The predicted octanol–water partition coefficient (Wildman–Crippen LogP) is -0.252. The van der Waals surface area contributed by atoms with E-state index < -0.39 is 23.7 Å². The van der Waals surface area contributed by atoms with Crippen molar-refractivity contribution in [2.24, 2.45) is 5.92 Å². The minimum Gasteiger partial charge on any atom is -0.469 e. The molecule has 1 aliphatic heterocycles. The van der Waals surface area contributed by atoms with Gasteiger partial charge in [-0.15, -0.1) is 0 Å². The van der Waals surface area contributed by atoms with Gasteiger partial charge in [0.1, 0.15) is 5.69 Å². The normalized spacial score (nSPS) is 18.7. The van der Waals surface area contributed by atoms with E-state index in [1.807, 2.05) is 0 Å². The van der Waals surface area contributed by atoms with Crippen LogP contribution in [0.4, 0.5) is 0 Å². The van der Waals surface area contributed by atoms with Crippen molar-refractivity contribution in [3.8, 4) is 0 Å². The van der Waals surface area contributed by atoms with Crippen LogP contribution in [0.5, 0.6) is 0 Å². The maximum atomic E-state index is 12.1. The fourth-order valence-electron chi connectivity index (χ4n) is 1.84. The van der Waals surface area contributed by atoms with E-state index in [0.717, 1.165) is 5.01 Å². The number of hydrogen-bond acceptors (Lipinski definition) is 5. The Morgan fingerprint density at radius 3 is 2.89 bits per heavy atom. The molecule has 1 aromatic rings. The molecule has 1 saturated heterocycles. The number of carbonyl (C=O) groups excluding carboxylic acids is 3. The van der Waals surface area contributed by atoms with Gasteiger partial charge in [-0.05, 0) is 12.1 Å². The quantitative estimate of drug-likeness (QED) is 0.743. The summed E-state index contributed by atoms with van der Waals surface area (Å²) in [5.41, 5.74) is 2.62. The van der Waals surface area contributed by atoms with Gasteiger partial charge in [-0.1, -0.05) is 6.07 Å². The van der Waals surface area contributed by atoms with E-state index >= 15 is 0 Å². The first kappa shape index (κ1) is 13.0. The van der Waals surface area contributed by atoms with Gasteiger partial charge in [-0.2, -0.15) is 0 Å². The molecular formula is C12H13N3O4. The highest BCUT2D eigenvalue weighted by atomic mass is 16.5. The fourth-order valence-corrected chi connectivity index (χ4v) is 1.84. The lowest BCUT2D eigenvalue weighted by atomic mass is 10.0. The summed E-state index contributed by atoms with van der Waals surface area (Å²) in [5, 5.41) is 1.09. The number of methoxy groups -OCH3 is 1. The van der Waals surface area contributed by atoms with E-state index in [-0.39, 0.29) is 18.7 Å². The van der Waals surface area contributed by atoms with Crippen molar-refractivity contribution in [2.75, 3.05) is 13.7 Å². The van der Waals surface area contributed by atoms with Gasteiger partial charge < -0.3 is 4.74 Å². The molecule has 1 N–H and O–H groups in total. The number of ether oxygens (including phenoxy) is 1. The molecule has 100 valence electrons. The monoisotopic (exact) mass is 263 g/mol. The van der Waals surface area contributed by atoms with Crippen LogP contribution in [0.1, 0.15) is 16.9 Å². The van der Waals surface area contributed by atoms with Crippen LogP contribution in [-0.2, 0) is 14.3 Å². The minimum absolute atomic E-state index is 0.0126. The first-order valence-electron chi connectivity index (χ1n) is 5.72. The molecule has 0 aromatic carbocycles. The Hall–Kier alpha value is -2.44. The van der Waals surface area contributed by atoms with Crippen molar-refractivity contribution in [3.63, 3.8) is 0 Å².